The summed E-state index contributed by atoms with van der Waals surface area (Å²) in [5.41, 5.74) is 5.28. The molecule has 2 heteroatoms. The summed E-state index contributed by atoms with van der Waals surface area (Å²) < 4.78 is 0. The Morgan fingerprint density at radius 1 is 1.09 bits per heavy atom. The number of hydrogen-bond donors (Lipinski definition) is 0. The van der Waals surface area contributed by atoms with Crippen molar-refractivity contribution in [3.8, 4) is 0 Å². The van der Waals surface area contributed by atoms with Crippen LogP contribution in [0.1, 0.15) is 32.6 Å². The highest BCUT2D eigenvalue weighted by molar-refractivity contribution is 6.07. The van der Waals surface area contributed by atoms with E-state index in [-0.39, 0.29) is 5.78 Å². The average molecular weight is 293 g/mol. The Labute approximate surface area is 133 Å². The molecule has 0 radical (unpaired) electrons. The Hall–Kier alpha value is -2.19. The number of allylic oxidation sites excluding steroid dienone is 1. The van der Waals surface area contributed by atoms with Gasteiger partial charge in [-0.15, -0.1) is 0 Å². The van der Waals surface area contributed by atoms with Gasteiger partial charge in [-0.3, -0.25) is 4.79 Å². The molecule has 2 aromatic rings. The Balaban J connectivity index is 2.23. The largest absolute Gasteiger partial charge is 0.305 e. The smallest absolute Gasteiger partial charge is 0.186 e. The summed E-state index contributed by atoms with van der Waals surface area (Å²) in [4.78, 5) is 14.5. The molecule has 0 saturated carbocycles. The van der Waals surface area contributed by atoms with E-state index < -0.39 is 0 Å². The van der Waals surface area contributed by atoms with Crippen LogP contribution in [-0.2, 0) is 6.54 Å². The first-order valence-electron chi connectivity index (χ1n) is 7.49. The van der Waals surface area contributed by atoms with Gasteiger partial charge in [0.2, 0.25) is 0 Å². The van der Waals surface area contributed by atoms with E-state index in [4.69, 9.17) is 0 Å². The van der Waals surface area contributed by atoms with Crippen LogP contribution >= 0.6 is 0 Å². The zero-order chi connectivity index (χ0) is 16.1. The molecule has 0 aliphatic rings. The van der Waals surface area contributed by atoms with Crippen LogP contribution in [0.5, 0.6) is 0 Å². The number of rotatable bonds is 5. The van der Waals surface area contributed by atoms with Gasteiger partial charge in [-0.25, -0.2) is 0 Å². The predicted molar refractivity (Wildman–Crippen MR) is 93.1 cm³/mol. The first-order valence-corrected chi connectivity index (χ1v) is 7.49. The summed E-state index contributed by atoms with van der Waals surface area (Å²) >= 11 is 0. The minimum Gasteiger partial charge on any atom is -0.305 e. The van der Waals surface area contributed by atoms with Crippen LogP contribution in [0.4, 0.5) is 0 Å². The van der Waals surface area contributed by atoms with E-state index in [2.05, 4.69) is 11.0 Å². The van der Waals surface area contributed by atoms with E-state index in [9.17, 15) is 4.79 Å². The molecule has 0 aliphatic heterocycles. The number of ketones is 1. The quantitative estimate of drug-likeness (QED) is 0.606. The molecule has 0 N–H and O–H groups in total. The van der Waals surface area contributed by atoms with Crippen LogP contribution in [0.15, 0.2) is 48.5 Å². The normalized spacial score (nSPS) is 11.3. The fourth-order valence-electron chi connectivity index (χ4n) is 2.53. The number of benzene rings is 2. The van der Waals surface area contributed by atoms with Crippen molar-refractivity contribution in [1.29, 1.82) is 0 Å². The van der Waals surface area contributed by atoms with Crippen LogP contribution in [0.25, 0.3) is 6.08 Å². The van der Waals surface area contributed by atoms with E-state index in [1.54, 1.807) is 6.08 Å². The molecule has 0 amide bonds. The molecule has 0 aromatic heterocycles. The van der Waals surface area contributed by atoms with Crippen molar-refractivity contribution < 1.29 is 4.79 Å². The van der Waals surface area contributed by atoms with E-state index in [0.29, 0.717) is 0 Å². The van der Waals surface area contributed by atoms with Crippen LogP contribution < -0.4 is 0 Å². The van der Waals surface area contributed by atoms with Gasteiger partial charge in [-0.05, 0) is 50.7 Å². The van der Waals surface area contributed by atoms with Gasteiger partial charge in [0.1, 0.15) is 0 Å². The van der Waals surface area contributed by atoms with Crippen molar-refractivity contribution >= 4 is 11.9 Å². The lowest BCUT2D eigenvalue weighted by molar-refractivity contribution is 0.104. The zero-order valence-electron chi connectivity index (χ0n) is 13.8. The summed E-state index contributed by atoms with van der Waals surface area (Å²) in [7, 11) is 4.09. The molecule has 0 saturated heterocycles. The third-order valence-corrected chi connectivity index (χ3v) is 3.60. The number of nitrogens with zero attached hydrogens (tertiary/aromatic N) is 1. The molecule has 22 heavy (non-hydrogen) atoms. The predicted octanol–water partition coefficient (Wildman–Crippen LogP) is 4.26. The molecule has 0 fully saturated rings. The molecule has 0 spiro atoms. The number of carbonyl (C=O) groups is 1. The fraction of sp³-hybridized carbons (Fsp3) is 0.250. The lowest BCUT2D eigenvalue weighted by atomic mass is 10.0. The molecule has 0 unspecified atom stereocenters. The van der Waals surface area contributed by atoms with Gasteiger partial charge in [0.05, 0.1) is 0 Å². The summed E-state index contributed by atoms with van der Waals surface area (Å²) in [6, 6.07) is 14.1. The van der Waals surface area contributed by atoms with Gasteiger partial charge in [0.15, 0.2) is 5.78 Å². The van der Waals surface area contributed by atoms with E-state index in [0.717, 1.165) is 23.2 Å². The molecule has 2 aromatic carbocycles. The molecule has 0 heterocycles. The Bertz CT molecular complexity index is 699. The molecule has 2 nitrogen and oxygen atoms in total. The van der Waals surface area contributed by atoms with Gasteiger partial charge in [-0.1, -0.05) is 54.1 Å². The van der Waals surface area contributed by atoms with Crippen LogP contribution in [-0.4, -0.2) is 24.8 Å². The Kier molecular flexibility index (Phi) is 5.29. The first kappa shape index (κ1) is 16.2. The number of hydrogen-bond acceptors (Lipinski definition) is 2. The van der Waals surface area contributed by atoms with Crippen molar-refractivity contribution in [3.63, 3.8) is 0 Å². The van der Waals surface area contributed by atoms with Crippen molar-refractivity contribution in [1.82, 2.24) is 4.90 Å². The van der Waals surface area contributed by atoms with Crippen molar-refractivity contribution in [2.75, 3.05) is 14.1 Å². The maximum atomic E-state index is 12.4. The molecule has 0 atom stereocenters. The molecular weight excluding hydrogens is 270 g/mol. The topological polar surface area (TPSA) is 20.3 Å². The second-order valence-corrected chi connectivity index (χ2v) is 5.95. The fourth-order valence-corrected chi connectivity index (χ4v) is 2.53. The third kappa shape index (κ3) is 4.15. The second kappa shape index (κ2) is 7.19. The van der Waals surface area contributed by atoms with Gasteiger partial charge >= 0.3 is 0 Å². The Morgan fingerprint density at radius 3 is 2.50 bits per heavy atom. The van der Waals surface area contributed by atoms with Crippen molar-refractivity contribution in [2.45, 2.75) is 20.4 Å². The van der Waals surface area contributed by atoms with Crippen LogP contribution in [0.3, 0.4) is 0 Å². The van der Waals surface area contributed by atoms with Crippen LogP contribution in [0, 0.1) is 13.8 Å². The van der Waals surface area contributed by atoms with Gasteiger partial charge in [0, 0.05) is 12.1 Å². The SMILES string of the molecule is Cc1ccc(C(=O)C=Cc2ccccc2CN(C)C)c(C)c1. The number of aryl methyl sites for hydroxylation is 2. The second-order valence-electron chi connectivity index (χ2n) is 5.95. The van der Waals surface area contributed by atoms with E-state index in [1.807, 2.05) is 70.4 Å². The lowest BCUT2D eigenvalue weighted by Gasteiger charge is -2.12. The summed E-state index contributed by atoms with van der Waals surface area (Å²) in [5, 5.41) is 0. The minimum absolute atomic E-state index is 0.0529. The highest BCUT2D eigenvalue weighted by atomic mass is 16.1. The highest BCUT2D eigenvalue weighted by Gasteiger charge is 2.06. The van der Waals surface area contributed by atoms with E-state index in [1.165, 1.54) is 11.1 Å². The molecule has 0 bridgehead atoms. The monoisotopic (exact) mass is 293 g/mol. The zero-order valence-corrected chi connectivity index (χ0v) is 13.8. The average Bonchev–Trinajstić information content (AvgIpc) is 2.45. The van der Waals surface area contributed by atoms with Gasteiger partial charge in [0.25, 0.3) is 0 Å². The molecule has 2 rings (SSSR count). The number of carbonyl (C=O) groups excluding carboxylic acids is 1. The molecular formula is C20H23NO. The summed E-state index contributed by atoms with van der Waals surface area (Å²) in [6.45, 7) is 4.88. The maximum absolute atomic E-state index is 12.4. The molecule has 114 valence electrons. The maximum Gasteiger partial charge on any atom is 0.186 e. The standard InChI is InChI=1S/C20H23NO/c1-15-9-11-19(16(2)13-15)20(22)12-10-17-7-5-6-8-18(17)14-21(3)4/h5-13H,14H2,1-4H3. The van der Waals surface area contributed by atoms with Gasteiger partial charge < -0.3 is 4.90 Å². The van der Waals surface area contributed by atoms with Crippen molar-refractivity contribution in [2.24, 2.45) is 0 Å². The third-order valence-electron chi connectivity index (χ3n) is 3.60. The first-order chi connectivity index (χ1) is 10.5. The Morgan fingerprint density at radius 2 is 1.82 bits per heavy atom. The summed E-state index contributed by atoms with van der Waals surface area (Å²) in [6.07, 6.45) is 3.59. The van der Waals surface area contributed by atoms with Crippen molar-refractivity contribution in [3.05, 3.63) is 76.4 Å². The van der Waals surface area contributed by atoms with E-state index >= 15 is 0 Å². The summed E-state index contributed by atoms with van der Waals surface area (Å²) in [5.74, 6) is 0.0529. The lowest BCUT2D eigenvalue weighted by Crippen LogP contribution is -2.11. The highest BCUT2D eigenvalue weighted by Crippen LogP contribution is 2.15. The van der Waals surface area contributed by atoms with Crippen LogP contribution in [0.2, 0.25) is 0 Å². The molecule has 0 aliphatic carbocycles. The minimum atomic E-state index is 0.0529. The van der Waals surface area contributed by atoms with Gasteiger partial charge in [-0.2, -0.15) is 0 Å².